The van der Waals surface area contributed by atoms with E-state index in [4.69, 9.17) is 11.6 Å². The maximum atomic E-state index is 13.7. The molecule has 0 aliphatic rings. The lowest BCUT2D eigenvalue weighted by atomic mass is 9.98. The summed E-state index contributed by atoms with van der Waals surface area (Å²) in [4.78, 5) is 13.6. The molecule has 7 heteroatoms. The zero-order valence-electron chi connectivity index (χ0n) is 20.1. The fraction of sp³-hybridized carbons (Fsp3) is 0.138. The maximum absolute atomic E-state index is 13.7. The first-order valence-corrected chi connectivity index (χ1v) is 13.3. The van der Waals surface area contributed by atoms with Crippen LogP contribution in [0.15, 0.2) is 108 Å². The lowest BCUT2D eigenvalue weighted by Gasteiger charge is -2.27. The van der Waals surface area contributed by atoms with Gasteiger partial charge in [-0.1, -0.05) is 96.0 Å². The van der Waals surface area contributed by atoms with Gasteiger partial charge < -0.3 is 5.32 Å². The second kappa shape index (κ2) is 11.0. The molecule has 0 spiro atoms. The van der Waals surface area contributed by atoms with Gasteiger partial charge in [-0.15, -0.1) is 0 Å². The molecular weight excluding hydrogens is 492 g/mol. The third-order valence-corrected chi connectivity index (χ3v) is 8.16. The molecule has 0 aromatic heterocycles. The Morgan fingerprint density at radius 1 is 0.806 bits per heavy atom. The van der Waals surface area contributed by atoms with Crippen LogP contribution < -0.4 is 9.62 Å². The first-order chi connectivity index (χ1) is 17.3. The number of benzene rings is 4. The normalized spacial score (nSPS) is 12.1. The van der Waals surface area contributed by atoms with Crippen LogP contribution in [0.1, 0.15) is 28.3 Å². The summed E-state index contributed by atoms with van der Waals surface area (Å²) in [6, 6.07) is 30.1. The molecule has 1 N–H and O–H groups in total. The van der Waals surface area contributed by atoms with Crippen LogP contribution in [0.25, 0.3) is 0 Å². The van der Waals surface area contributed by atoms with Crippen LogP contribution in [0, 0.1) is 13.8 Å². The number of rotatable bonds is 8. The van der Waals surface area contributed by atoms with Crippen molar-refractivity contribution in [1.29, 1.82) is 0 Å². The molecule has 1 unspecified atom stereocenters. The van der Waals surface area contributed by atoms with Crippen molar-refractivity contribution in [3.05, 3.63) is 130 Å². The Kier molecular flexibility index (Phi) is 7.77. The van der Waals surface area contributed by atoms with Crippen molar-refractivity contribution in [1.82, 2.24) is 5.32 Å². The molecule has 4 aromatic carbocycles. The number of carbonyl (C=O) groups excluding carboxylic acids is 1. The molecule has 184 valence electrons. The average molecular weight is 519 g/mol. The van der Waals surface area contributed by atoms with Crippen molar-refractivity contribution < 1.29 is 13.2 Å². The molecule has 1 atom stereocenters. The first-order valence-electron chi connectivity index (χ1n) is 11.5. The summed E-state index contributed by atoms with van der Waals surface area (Å²) in [5, 5.41) is 3.47. The van der Waals surface area contributed by atoms with Crippen LogP contribution in [-0.4, -0.2) is 20.9 Å². The number of sulfonamides is 1. The first kappa shape index (κ1) is 25.5. The molecular formula is C29H27ClN2O3S. The number of amides is 1. The van der Waals surface area contributed by atoms with Gasteiger partial charge in [-0.2, -0.15) is 0 Å². The van der Waals surface area contributed by atoms with Gasteiger partial charge >= 0.3 is 0 Å². The van der Waals surface area contributed by atoms with E-state index in [9.17, 15) is 13.2 Å². The van der Waals surface area contributed by atoms with E-state index in [0.29, 0.717) is 16.3 Å². The number of aryl methyl sites for hydroxylation is 1. The second-order valence-corrected chi connectivity index (χ2v) is 10.8. The van der Waals surface area contributed by atoms with E-state index >= 15 is 0 Å². The zero-order chi connectivity index (χ0) is 25.7. The van der Waals surface area contributed by atoms with Crippen LogP contribution in [-0.2, 0) is 14.8 Å². The topological polar surface area (TPSA) is 66.5 Å². The summed E-state index contributed by atoms with van der Waals surface area (Å²) < 4.78 is 28.5. The number of anilines is 1. The largest absolute Gasteiger partial charge is 0.344 e. The Morgan fingerprint density at radius 2 is 1.39 bits per heavy atom. The fourth-order valence-corrected chi connectivity index (χ4v) is 5.66. The molecule has 0 saturated heterocycles. The highest BCUT2D eigenvalue weighted by molar-refractivity contribution is 7.92. The molecule has 0 aliphatic heterocycles. The van der Waals surface area contributed by atoms with Crippen molar-refractivity contribution in [2.24, 2.45) is 0 Å². The van der Waals surface area contributed by atoms with Gasteiger partial charge in [-0.3, -0.25) is 9.10 Å². The minimum Gasteiger partial charge on any atom is -0.344 e. The van der Waals surface area contributed by atoms with Gasteiger partial charge in [-0.25, -0.2) is 8.42 Å². The highest BCUT2D eigenvalue weighted by atomic mass is 35.5. The van der Waals surface area contributed by atoms with E-state index in [0.717, 1.165) is 21.0 Å². The molecule has 4 rings (SSSR count). The standard InChI is InChI=1S/C29H27ClN2O3S/c1-21-16-18-24(19-17-21)29(23-10-5-3-6-11-23)31-28(33)20-32(27-15-9-14-26(30)22(27)2)36(34,35)25-12-7-4-8-13-25/h3-19,29H,20H2,1-2H3,(H,31,33). The minimum absolute atomic E-state index is 0.0929. The predicted molar refractivity (Wildman–Crippen MR) is 145 cm³/mol. The van der Waals surface area contributed by atoms with Crippen molar-refractivity contribution in [2.75, 3.05) is 10.8 Å². The number of hydrogen-bond donors (Lipinski definition) is 1. The van der Waals surface area contributed by atoms with Gasteiger partial charge in [0.25, 0.3) is 10.0 Å². The van der Waals surface area contributed by atoms with Gasteiger partial charge in [0.15, 0.2) is 0 Å². The summed E-state index contributed by atoms with van der Waals surface area (Å²) >= 11 is 6.33. The molecule has 36 heavy (non-hydrogen) atoms. The quantitative estimate of drug-likeness (QED) is 0.308. The van der Waals surface area contributed by atoms with Crippen LogP contribution in [0.2, 0.25) is 5.02 Å². The fourth-order valence-electron chi connectivity index (χ4n) is 3.99. The van der Waals surface area contributed by atoms with Gasteiger partial charge in [0, 0.05) is 5.02 Å². The number of carbonyl (C=O) groups is 1. The van der Waals surface area contributed by atoms with Crippen LogP contribution in [0.5, 0.6) is 0 Å². The number of nitrogens with one attached hydrogen (secondary N) is 1. The number of halogens is 1. The smallest absolute Gasteiger partial charge is 0.264 e. The molecule has 0 fully saturated rings. The Morgan fingerprint density at radius 3 is 2.03 bits per heavy atom. The molecule has 0 bridgehead atoms. The molecule has 0 aliphatic carbocycles. The lowest BCUT2D eigenvalue weighted by Crippen LogP contribution is -2.42. The molecule has 0 heterocycles. The van der Waals surface area contributed by atoms with Gasteiger partial charge in [0.05, 0.1) is 16.6 Å². The molecule has 1 amide bonds. The molecule has 4 aromatic rings. The monoisotopic (exact) mass is 518 g/mol. The maximum Gasteiger partial charge on any atom is 0.264 e. The average Bonchev–Trinajstić information content (AvgIpc) is 2.89. The van der Waals surface area contributed by atoms with Gasteiger partial charge in [-0.05, 0) is 54.8 Å². The predicted octanol–water partition coefficient (Wildman–Crippen LogP) is 6.06. The summed E-state index contributed by atoms with van der Waals surface area (Å²) in [5.74, 6) is -0.441. The third kappa shape index (κ3) is 5.61. The Balaban J connectivity index is 1.71. The Hall–Kier alpha value is -3.61. The minimum atomic E-state index is -4.05. The summed E-state index contributed by atoms with van der Waals surface area (Å²) in [5.41, 5.74) is 3.83. The van der Waals surface area contributed by atoms with E-state index in [-0.39, 0.29) is 4.90 Å². The van der Waals surface area contributed by atoms with E-state index in [1.165, 1.54) is 12.1 Å². The van der Waals surface area contributed by atoms with E-state index in [2.05, 4.69) is 5.32 Å². The zero-order valence-corrected chi connectivity index (χ0v) is 21.6. The number of hydrogen-bond acceptors (Lipinski definition) is 3. The summed E-state index contributed by atoms with van der Waals surface area (Å²) in [6.45, 7) is 3.33. The Bertz CT molecular complexity index is 1440. The number of nitrogens with zero attached hydrogens (tertiary/aromatic N) is 1. The third-order valence-electron chi connectivity index (χ3n) is 5.98. The van der Waals surface area contributed by atoms with Crippen molar-refractivity contribution in [3.63, 3.8) is 0 Å². The van der Waals surface area contributed by atoms with Crippen LogP contribution in [0.4, 0.5) is 5.69 Å². The molecule has 0 saturated carbocycles. The van der Waals surface area contributed by atoms with Gasteiger partial charge in [0.2, 0.25) is 5.91 Å². The Labute approximate surface area is 217 Å². The van der Waals surface area contributed by atoms with Crippen molar-refractivity contribution in [2.45, 2.75) is 24.8 Å². The van der Waals surface area contributed by atoms with Crippen molar-refractivity contribution >= 4 is 33.2 Å². The molecule has 0 radical (unpaired) electrons. The second-order valence-electron chi connectivity index (χ2n) is 8.53. The summed E-state index contributed by atoms with van der Waals surface area (Å²) in [7, 11) is -4.05. The molecule has 5 nitrogen and oxygen atoms in total. The van der Waals surface area contributed by atoms with E-state index in [1.807, 2.05) is 61.5 Å². The van der Waals surface area contributed by atoms with Crippen LogP contribution >= 0.6 is 11.6 Å². The highest BCUT2D eigenvalue weighted by Crippen LogP contribution is 2.31. The SMILES string of the molecule is Cc1ccc(C(NC(=O)CN(c2cccc(Cl)c2C)S(=O)(=O)c2ccccc2)c2ccccc2)cc1. The van der Waals surface area contributed by atoms with Gasteiger partial charge in [0.1, 0.15) is 6.54 Å². The summed E-state index contributed by atoms with van der Waals surface area (Å²) in [6.07, 6.45) is 0. The van der Waals surface area contributed by atoms with Crippen molar-refractivity contribution in [3.8, 4) is 0 Å². The lowest BCUT2D eigenvalue weighted by molar-refractivity contribution is -0.120. The highest BCUT2D eigenvalue weighted by Gasteiger charge is 2.29. The van der Waals surface area contributed by atoms with E-state index < -0.39 is 28.5 Å². The van der Waals surface area contributed by atoms with Crippen LogP contribution in [0.3, 0.4) is 0 Å². The van der Waals surface area contributed by atoms with E-state index in [1.54, 1.807) is 43.3 Å².